The summed E-state index contributed by atoms with van der Waals surface area (Å²) in [6.07, 6.45) is 1.06. The van der Waals surface area contributed by atoms with Crippen molar-refractivity contribution >= 4 is 0 Å². The molecule has 13 heavy (non-hydrogen) atoms. The van der Waals surface area contributed by atoms with Crippen molar-refractivity contribution in [1.82, 2.24) is 0 Å². The van der Waals surface area contributed by atoms with E-state index in [1.54, 1.807) is 0 Å². The zero-order valence-electron chi connectivity index (χ0n) is 8.63. The highest BCUT2D eigenvalue weighted by Crippen LogP contribution is 2.20. The summed E-state index contributed by atoms with van der Waals surface area (Å²) >= 11 is 0. The molecule has 0 heterocycles. The van der Waals surface area contributed by atoms with E-state index in [9.17, 15) is 5.11 Å². The molecule has 0 spiro atoms. The summed E-state index contributed by atoms with van der Waals surface area (Å²) in [4.78, 5) is 0. The summed E-state index contributed by atoms with van der Waals surface area (Å²) in [5.74, 6) is 0. The van der Waals surface area contributed by atoms with Crippen LogP contribution in [0, 0.1) is 5.41 Å². The van der Waals surface area contributed by atoms with Gasteiger partial charge >= 0.3 is 0 Å². The van der Waals surface area contributed by atoms with Crippen LogP contribution in [0.3, 0.4) is 0 Å². The molecule has 72 valence electrons. The second-order valence-corrected chi connectivity index (χ2v) is 4.70. The summed E-state index contributed by atoms with van der Waals surface area (Å²) in [5, 5.41) is 10.5. The maximum atomic E-state index is 10.5. The van der Waals surface area contributed by atoms with Crippen molar-refractivity contribution in [3.05, 3.63) is 35.4 Å². The molecule has 0 radical (unpaired) electrons. The van der Waals surface area contributed by atoms with Crippen molar-refractivity contribution < 1.29 is 5.11 Å². The van der Waals surface area contributed by atoms with Crippen LogP contribution in [0.4, 0.5) is 0 Å². The van der Waals surface area contributed by atoms with Crippen molar-refractivity contribution in [2.45, 2.75) is 33.8 Å². The summed E-state index contributed by atoms with van der Waals surface area (Å²) in [5.41, 5.74) is 2.50. The highest BCUT2D eigenvalue weighted by molar-refractivity contribution is 5.22. The Morgan fingerprint density at radius 3 is 1.85 bits per heavy atom. The summed E-state index contributed by atoms with van der Waals surface area (Å²) < 4.78 is 0. The van der Waals surface area contributed by atoms with E-state index in [0.717, 1.165) is 12.0 Å². The van der Waals surface area contributed by atoms with Gasteiger partial charge in [0.1, 0.15) is 0 Å². The lowest BCUT2D eigenvalue weighted by Crippen LogP contribution is -2.09. The fraction of sp³-hybridized carbons (Fsp3) is 0.500. The number of hydrogen-bond donors (Lipinski definition) is 0. The Kier molecular flexibility index (Phi) is 3.10. The fourth-order valence-electron chi connectivity index (χ4n) is 1.37. The molecule has 1 nitrogen and oxygen atoms in total. The van der Waals surface area contributed by atoms with Gasteiger partial charge in [0, 0.05) is 0 Å². The number of hydrogen-bond acceptors (Lipinski definition) is 1. The Morgan fingerprint density at radius 1 is 1.00 bits per heavy atom. The van der Waals surface area contributed by atoms with Crippen LogP contribution >= 0.6 is 0 Å². The van der Waals surface area contributed by atoms with Crippen molar-refractivity contribution in [2.24, 2.45) is 5.41 Å². The Bertz CT molecular complexity index is 253. The molecule has 0 amide bonds. The van der Waals surface area contributed by atoms with Gasteiger partial charge < -0.3 is 5.11 Å². The van der Waals surface area contributed by atoms with Crippen LogP contribution in [0.15, 0.2) is 24.3 Å². The molecule has 0 saturated carbocycles. The highest BCUT2D eigenvalue weighted by atomic mass is 16.3. The third-order valence-corrected chi connectivity index (χ3v) is 1.92. The summed E-state index contributed by atoms with van der Waals surface area (Å²) in [6.45, 7) is 6.54. The predicted octanol–water partition coefficient (Wildman–Crippen LogP) is 2.14. The van der Waals surface area contributed by atoms with Gasteiger partial charge in [-0.05, 0) is 17.4 Å². The maximum Gasteiger partial charge on any atom is -0.0230 e. The first-order valence-electron chi connectivity index (χ1n) is 4.67. The van der Waals surface area contributed by atoms with Gasteiger partial charge in [0.25, 0.3) is 0 Å². The van der Waals surface area contributed by atoms with Gasteiger partial charge in [-0.15, -0.1) is 6.61 Å². The fourth-order valence-corrected chi connectivity index (χ4v) is 1.37. The zero-order chi connectivity index (χ0) is 9.90. The molecule has 1 aromatic carbocycles. The van der Waals surface area contributed by atoms with E-state index >= 15 is 0 Å². The van der Waals surface area contributed by atoms with Crippen molar-refractivity contribution in [2.75, 3.05) is 0 Å². The normalized spacial score (nSPS) is 11.7. The van der Waals surface area contributed by atoms with E-state index < -0.39 is 0 Å². The van der Waals surface area contributed by atoms with Gasteiger partial charge in [-0.1, -0.05) is 50.6 Å². The first-order valence-corrected chi connectivity index (χ1v) is 4.67. The van der Waals surface area contributed by atoms with Gasteiger partial charge in [0.05, 0.1) is 0 Å². The Hall–Kier alpha value is -0.820. The van der Waals surface area contributed by atoms with Crippen LogP contribution in [-0.2, 0) is 13.0 Å². The molecule has 0 aliphatic rings. The monoisotopic (exact) mass is 177 g/mol. The second kappa shape index (κ2) is 3.93. The number of benzene rings is 1. The quantitative estimate of drug-likeness (QED) is 0.678. The Balaban J connectivity index is 2.70. The lowest BCUT2D eigenvalue weighted by Gasteiger charge is -2.18. The first-order chi connectivity index (χ1) is 6.01. The van der Waals surface area contributed by atoms with E-state index in [1.165, 1.54) is 5.56 Å². The van der Waals surface area contributed by atoms with E-state index in [2.05, 4.69) is 32.9 Å². The lowest BCUT2D eigenvalue weighted by atomic mass is 9.88. The van der Waals surface area contributed by atoms with Crippen molar-refractivity contribution in [3.8, 4) is 0 Å². The van der Waals surface area contributed by atoms with Crippen LogP contribution in [-0.4, -0.2) is 0 Å². The molecular formula is C12H17O-. The first kappa shape index (κ1) is 10.3. The minimum atomic E-state index is -0.115. The predicted molar refractivity (Wildman–Crippen MR) is 53.3 cm³/mol. The van der Waals surface area contributed by atoms with E-state index in [4.69, 9.17) is 0 Å². The largest absolute Gasteiger partial charge is 0.851 e. The van der Waals surface area contributed by atoms with Crippen molar-refractivity contribution in [1.29, 1.82) is 0 Å². The summed E-state index contributed by atoms with van der Waals surface area (Å²) in [7, 11) is 0. The molecule has 0 fully saturated rings. The van der Waals surface area contributed by atoms with Gasteiger partial charge in [0.2, 0.25) is 0 Å². The van der Waals surface area contributed by atoms with Crippen LogP contribution in [0.2, 0.25) is 0 Å². The van der Waals surface area contributed by atoms with Gasteiger partial charge in [-0.2, -0.15) is 0 Å². The lowest BCUT2D eigenvalue weighted by molar-refractivity contribution is -0.386. The third-order valence-electron chi connectivity index (χ3n) is 1.92. The van der Waals surface area contributed by atoms with E-state index in [-0.39, 0.29) is 6.61 Å². The molecule has 1 heteroatoms. The minimum absolute atomic E-state index is 0.115. The topological polar surface area (TPSA) is 23.1 Å². The maximum absolute atomic E-state index is 10.5. The number of rotatable bonds is 2. The third kappa shape index (κ3) is 3.60. The zero-order valence-corrected chi connectivity index (χ0v) is 8.63. The average molecular weight is 177 g/mol. The van der Waals surface area contributed by atoms with E-state index in [0.29, 0.717) is 5.41 Å². The highest BCUT2D eigenvalue weighted by Gasteiger charge is 2.10. The van der Waals surface area contributed by atoms with Crippen LogP contribution < -0.4 is 5.11 Å². The molecule has 0 saturated heterocycles. The van der Waals surface area contributed by atoms with Gasteiger partial charge in [-0.25, -0.2) is 0 Å². The average Bonchev–Trinajstić information content (AvgIpc) is 2.03. The van der Waals surface area contributed by atoms with Crippen LogP contribution in [0.25, 0.3) is 0 Å². The van der Waals surface area contributed by atoms with Gasteiger partial charge in [0.15, 0.2) is 0 Å². The molecule has 0 aromatic heterocycles. The Morgan fingerprint density at radius 2 is 1.46 bits per heavy atom. The van der Waals surface area contributed by atoms with E-state index in [1.807, 2.05) is 12.1 Å². The van der Waals surface area contributed by atoms with Crippen LogP contribution in [0.1, 0.15) is 31.9 Å². The standard InChI is InChI=1S/C12H17O/c1-12(2,3)8-10-4-6-11(9-13)7-5-10/h4-7H,8-9H2,1-3H3/q-1. The van der Waals surface area contributed by atoms with Crippen LogP contribution in [0.5, 0.6) is 0 Å². The SMILES string of the molecule is CC(C)(C)Cc1ccc(C[O-])cc1. The second-order valence-electron chi connectivity index (χ2n) is 4.70. The minimum Gasteiger partial charge on any atom is -0.851 e. The van der Waals surface area contributed by atoms with Gasteiger partial charge in [-0.3, -0.25) is 0 Å². The molecule has 1 rings (SSSR count). The van der Waals surface area contributed by atoms with Crippen molar-refractivity contribution in [3.63, 3.8) is 0 Å². The molecule has 0 N–H and O–H groups in total. The smallest absolute Gasteiger partial charge is 0.0230 e. The molecule has 1 aromatic rings. The Labute approximate surface area is 80.4 Å². The molecule has 0 unspecified atom stereocenters. The molecule has 0 aliphatic carbocycles. The molecule has 0 atom stereocenters. The molecule has 0 bridgehead atoms. The summed E-state index contributed by atoms with van der Waals surface area (Å²) in [6, 6.07) is 7.96. The molecular weight excluding hydrogens is 160 g/mol. The molecule has 0 aliphatic heterocycles.